The van der Waals surface area contributed by atoms with Crippen LogP contribution >= 0.6 is 0 Å². The summed E-state index contributed by atoms with van der Waals surface area (Å²) in [6.07, 6.45) is 0. The van der Waals surface area contributed by atoms with E-state index in [0.717, 1.165) is 44.0 Å². The average molecular weight is 365 g/mol. The van der Waals surface area contributed by atoms with Crippen molar-refractivity contribution in [3.05, 3.63) is 65.2 Å². The molecule has 0 saturated carbocycles. The molecule has 0 N–H and O–H groups in total. The molecule has 0 spiro atoms. The number of rotatable bonds is 5. The fourth-order valence-electron chi connectivity index (χ4n) is 3.15. The summed E-state index contributed by atoms with van der Waals surface area (Å²) < 4.78 is 5.07. The van der Waals surface area contributed by atoms with Crippen molar-refractivity contribution in [2.24, 2.45) is 5.10 Å². The standard InChI is InChI=1S/C22H27N3O2/c1-17-4-6-20(7-5-17)16-24-12-14-25(15-13-24)23-18(2)21-8-10-22(11-9-21)27-19(3)26/h4-11H,12-16H2,1-3H3/b23-18+. The van der Waals surface area contributed by atoms with Gasteiger partial charge in [0.1, 0.15) is 5.75 Å². The topological polar surface area (TPSA) is 45.1 Å². The van der Waals surface area contributed by atoms with Crippen LogP contribution in [-0.2, 0) is 11.3 Å². The van der Waals surface area contributed by atoms with E-state index < -0.39 is 0 Å². The number of esters is 1. The SMILES string of the molecule is CC(=O)Oc1ccc(/C(C)=N/N2CCN(Cc3ccc(C)cc3)CC2)cc1. The molecule has 0 unspecified atom stereocenters. The number of piperazine rings is 1. The molecule has 5 nitrogen and oxygen atoms in total. The molecule has 1 aliphatic heterocycles. The second-order valence-electron chi connectivity index (χ2n) is 7.02. The van der Waals surface area contributed by atoms with Crippen LogP contribution in [0.3, 0.4) is 0 Å². The zero-order chi connectivity index (χ0) is 19.2. The Morgan fingerprint density at radius 1 is 0.963 bits per heavy atom. The van der Waals surface area contributed by atoms with Gasteiger partial charge in [0.2, 0.25) is 0 Å². The summed E-state index contributed by atoms with van der Waals surface area (Å²) in [4.78, 5) is 13.5. The van der Waals surface area contributed by atoms with Crippen LogP contribution in [0.25, 0.3) is 0 Å². The van der Waals surface area contributed by atoms with Crippen LogP contribution in [0.2, 0.25) is 0 Å². The van der Waals surface area contributed by atoms with Gasteiger partial charge in [-0.3, -0.25) is 14.7 Å². The van der Waals surface area contributed by atoms with Gasteiger partial charge in [-0.05, 0) is 49.2 Å². The van der Waals surface area contributed by atoms with Crippen molar-refractivity contribution in [1.82, 2.24) is 9.91 Å². The first kappa shape index (κ1) is 19.1. The van der Waals surface area contributed by atoms with E-state index in [0.29, 0.717) is 5.75 Å². The fraction of sp³-hybridized carbons (Fsp3) is 0.364. The Labute approximate surface area is 161 Å². The van der Waals surface area contributed by atoms with Gasteiger partial charge in [-0.2, -0.15) is 5.10 Å². The van der Waals surface area contributed by atoms with Crippen molar-refractivity contribution in [2.75, 3.05) is 26.2 Å². The third-order valence-electron chi connectivity index (χ3n) is 4.70. The number of nitrogens with zero attached hydrogens (tertiary/aromatic N) is 3. The lowest BCUT2D eigenvalue weighted by molar-refractivity contribution is -0.131. The Hall–Kier alpha value is -2.66. The molecular formula is C22H27N3O2. The molecule has 0 amide bonds. The molecule has 0 bridgehead atoms. The Morgan fingerprint density at radius 2 is 1.59 bits per heavy atom. The number of hydrogen-bond acceptors (Lipinski definition) is 5. The van der Waals surface area contributed by atoms with E-state index in [1.807, 2.05) is 19.1 Å². The van der Waals surface area contributed by atoms with Crippen molar-refractivity contribution in [3.8, 4) is 5.75 Å². The highest BCUT2D eigenvalue weighted by atomic mass is 16.5. The highest BCUT2D eigenvalue weighted by molar-refractivity contribution is 5.98. The van der Waals surface area contributed by atoms with Gasteiger partial charge in [0, 0.05) is 39.6 Å². The first-order valence-electron chi connectivity index (χ1n) is 9.36. The molecule has 1 heterocycles. The minimum absolute atomic E-state index is 0.309. The summed E-state index contributed by atoms with van der Waals surface area (Å²) in [6.45, 7) is 10.4. The molecule has 5 heteroatoms. The van der Waals surface area contributed by atoms with E-state index in [1.54, 1.807) is 12.1 Å². The predicted octanol–water partition coefficient (Wildman–Crippen LogP) is 3.46. The van der Waals surface area contributed by atoms with E-state index in [2.05, 4.69) is 41.1 Å². The normalized spacial score (nSPS) is 15.7. The largest absolute Gasteiger partial charge is 0.427 e. The van der Waals surface area contributed by atoms with Crippen LogP contribution in [0.4, 0.5) is 0 Å². The molecule has 1 saturated heterocycles. The minimum atomic E-state index is -0.309. The number of hydrazone groups is 1. The van der Waals surface area contributed by atoms with Crippen LogP contribution in [0.15, 0.2) is 53.6 Å². The second kappa shape index (κ2) is 8.82. The van der Waals surface area contributed by atoms with Crippen molar-refractivity contribution >= 4 is 11.7 Å². The van der Waals surface area contributed by atoms with Gasteiger partial charge in [0.05, 0.1) is 5.71 Å². The molecule has 0 radical (unpaired) electrons. The highest BCUT2D eigenvalue weighted by Crippen LogP contribution is 2.14. The van der Waals surface area contributed by atoms with Gasteiger partial charge in [-0.25, -0.2) is 0 Å². The number of carbonyl (C=O) groups excluding carboxylic acids is 1. The number of aryl methyl sites for hydroxylation is 1. The maximum Gasteiger partial charge on any atom is 0.308 e. The van der Waals surface area contributed by atoms with Crippen LogP contribution in [-0.4, -0.2) is 47.8 Å². The molecule has 2 aromatic rings. The second-order valence-corrected chi connectivity index (χ2v) is 7.02. The maximum absolute atomic E-state index is 11.0. The van der Waals surface area contributed by atoms with Crippen molar-refractivity contribution in [1.29, 1.82) is 0 Å². The smallest absolute Gasteiger partial charge is 0.308 e. The Morgan fingerprint density at radius 3 is 2.19 bits per heavy atom. The van der Waals surface area contributed by atoms with Crippen molar-refractivity contribution < 1.29 is 9.53 Å². The molecule has 0 aliphatic carbocycles. The molecule has 0 atom stereocenters. The van der Waals surface area contributed by atoms with E-state index in [4.69, 9.17) is 9.84 Å². The van der Waals surface area contributed by atoms with Gasteiger partial charge in [-0.15, -0.1) is 0 Å². The minimum Gasteiger partial charge on any atom is -0.427 e. The van der Waals surface area contributed by atoms with Crippen LogP contribution in [0.5, 0.6) is 5.75 Å². The molecule has 2 aromatic carbocycles. The lowest BCUT2D eigenvalue weighted by atomic mass is 10.1. The summed E-state index contributed by atoms with van der Waals surface area (Å²) in [5, 5.41) is 6.91. The summed E-state index contributed by atoms with van der Waals surface area (Å²) in [5.41, 5.74) is 4.67. The zero-order valence-corrected chi connectivity index (χ0v) is 16.3. The summed E-state index contributed by atoms with van der Waals surface area (Å²) in [5.74, 6) is 0.250. The summed E-state index contributed by atoms with van der Waals surface area (Å²) >= 11 is 0. The third kappa shape index (κ3) is 5.66. The molecule has 3 rings (SSSR count). The molecular weight excluding hydrogens is 338 g/mol. The van der Waals surface area contributed by atoms with Crippen LogP contribution in [0, 0.1) is 6.92 Å². The molecule has 0 aromatic heterocycles. The summed E-state index contributed by atoms with van der Waals surface area (Å²) in [7, 11) is 0. The fourth-order valence-corrected chi connectivity index (χ4v) is 3.15. The van der Waals surface area contributed by atoms with Gasteiger partial charge in [-0.1, -0.05) is 29.8 Å². The van der Waals surface area contributed by atoms with Gasteiger partial charge >= 0.3 is 5.97 Å². The van der Waals surface area contributed by atoms with E-state index in [-0.39, 0.29) is 5.97 Å². The quantitative estimate of drug-likeness (QED) is 0.462. The monoisotopic (exact) mass is 365 g/mol. The molecule has 1 fully saturated rings. The molecule has 27 heavy (non-hydrogen) atoms. The number of benzene rings is 2. The number of ether oxygens (including phenoxy) is 1. The maximum atomic E-state index is 11.0. The molecule has 142 valence electrons. The summed E-state index contributed by atoms with van der Waals surface area (Å²) in [6, 6.07) is 16.2. The van der Waals surface area contributed by atoms with Crippen LogP contribution < -0.4 is 4.74 Å². The van der Waals surface area contributed by atoms with Crippen LogP contribution in [0.1, 0.15) is 30.5 Å². The van der Waals surface area contributed by atoms with E-state index in [9.17, 15) is 4.79 Å². The van der Waals surface area contributed by atoms with Crippen molar-refractivity contribution in [3.63, 3.8) is 0 Å². The zero-order valence-electron chi connectivity index (χ0n) is 16.3. The Kier molecular flexibility index (Phi) is 6.24. The number of carbonyl (C=O) groups is 1. The number of hydrogen-bond donors (Lipinski definition) is 0. The average Bonchev–Trinajstić information content (AvgIpc) is 2.65. The first-order valence-corrected chi connectivity index (χ1v) is 9.36. The lowest BCUT2D eigenvalue weighted by Gasteiger charge is -2.33. The van der Waals surface area contributed by atoms with Gasteiger partial charge in [0.25, 0.3) is 0 Å². The lowest BCUT2D eigenvalue weighted by Crippen LogP contribution is -2.43. The third-order valence-corrected chi connectivity index (χ3v) is 4.70. The Bertz CT molecular complexity index is 789. The first-order chi connectivity index (χ1) is 13.0. The van der Waals surface area contributed by atoms with Gasteiger partial charge < -0.3 is 4.74 Å². The van der Waals surface area contributed by atoms with E-state index >= 15 is 0 Å². The van der Waals surface area contributed by atoms with Crippen molar-refractivity contribution in [2.45, 2.75) is 27.3 Å². The van der Waals surface area contributed by atoms with Gasteiger partial charge in [0.15, 0.2) is 0 Å². The predicted molar refractivity (Wildman–Crippen MR) is 108 cm³/mol. The highest BCUT2D eigenvalue weighted by Gasteiger charge is 2.16. The molecule has 1 aliphatic rings. The van der Waals surface area contributed by atoms with E-state index in [1.165, 1.54) is 18.1 Å². The Balaban J connectivity index is 1.52.